The number of H-pyrrole nitrogens is 1. The third kappa shape index (κ3) is 3.20. The summed E-state index contributed by atoms with van der Waals surface area (Å²) in [7, 11) is 1.82. The van der Waals surface area contributed by atoms with Gasteiger partial charge in [0.1, 0.15) is 5.82 Å². The number of amides is 1. The van der Waals surface area contributed by atoms with E-state index in [1.807, 2.05) is 14.0 Å². The van der Waals surface area contributed by atoms with Crippen LogP contribution in [0.15, 0.2) is 10.9 Å². The average Bonchev–Trinajstić information content (AvgIpc) is 2.50. The Labute approximate surface area is 112 Å². The molecule has 1 unspecified atom stereocenters. The normalized spacial score (nSPS) is 19.3. The van der Waals surface area contributed by atoms with E-state index in [1.165, 1.54) is 6.07 Å². The summed E-state index contributed by atoms with van der Waals surface area (Å²) >= 11 is 0. The van der Waals surface area contributed by atoms with Crippen LogP contribution in [0.25, 0.3) is 0 Å². The standard InChI is InChI=1S/C13H20N4O2/c1-9-7-11(18)15-13(14-9)10(2)17-6-4-5-16(3)12(19)8-17/h7,10H,4-6,8H2,1-3H3,(H,14,15,18). The molecule has 2 heterocycles. The van der Waals surface area contributed by atoms with Crippen LogP contribution in [0.3, 0.4) is 0 Å². The predicted octanol–water partition coefficient (Wildman–Crippen LogP) is 0.303. The second kappa shape index (κ2) is 5.52. The van der Waals surface area contributed by atoms with Crippen LogP contribution in [-0.2, 0) is 4.79 Å². The zero-order chi connectivity index (χ0) is 14.0. The molecule has 1 saturated heterocycles. The highest BCUT2D eigenvalue weighted by Crippen LogP contribution is 2.18. The minimum atomic E-state index is -0.146. The highest BCUT2D eigenvalue weighted by molar-refractivity contribution is 5.78. The summed E-state index contributed by atoms with van der Waals surface area (Å²) in [5.74, 6) is 0.738. The third-order valence-corrected chi connectivity index (χ3v) is 3.53. The second-order valence-electron chi connectivity index (χ2n) is 5.09. The Balaban J connectivity index is 2.20. The number of rotatable bonds is 2. The van der Waals surface area contributed by atoms with Crippen molar-refractivity contribution in [1.82, 2.24) is 19.8 Å². The van der Waals surface area contributed by atoms with Crippen LogP contribution in [0.1, 0.15) is 30.9 Å². The lowest BCUT2D eigenvalue weighted by atomic mass is 10.2. The van der Waals surface area contributed by atoms with E-state index in [0.29, 0.717) is 18.1 Å². The van der Waals surface area contributed by atoms with Crippen molar-refractivity contribution in [2.45, 2.75) is 26.3 Å². The highest BCUT2D eigenvalue weighted by atomic mass is 16.2. The van der Waals surface area contributed by atoms with Crippen LogP contribution < -0.4 is 5.56 Å². The van der Waals surface area contributed by atoms with Crippen LogP contribution in [-0.4, -0.2) is 52.4 Å². The maximum Gasteiger partial charge on any atom is 0.251 e. The van der Waals surface area contributed by atoms with Crippen molar-refractivity contribution in [1.29, 1.82) is 0 Å². The number of aromatic nitrogens is 2. The number of hydrogen-bond acceptors (Lipinski definition) is 4. The van der Waals surface area contributed by atoms with Gasteiger partial charge in [-0.2, -0.15) is 0 Å². The first-order valence-corrected chi connectivity index (χ1v) is 6.53. The minimum absolute atomic E-state index is 0.0666. The topological polar surface area (TPSA) is 69.3 Å². The molecule has 1 atom stereocenters. The SMILES string of the molecule is Cc1cc(=O)[nH]c(C(C)N2CCCN(C)C(=O)C2)n1. The molecule has 0 aliphatic carbocycles. The molecule has 1 aromatic rings. The van der Waals surface area contributed by atoms with E-state index < -0.39 is 0 Å². The molecule has 6 nitrogen and oxygen atoms in total. The zero-order valence-corrected chi connectivity index (χ0v) is 11.6. The maximum absolute atomic E-state index is 11.9. The Hall–Kier alpha value is -1.69. The molecule has 1 fully saturated rings. The van der Waals surface area contributed by atoms with Crippen molar-refractivity contribution in [3.8, 4) is 0 Å². The molecule has 1 aliphatic heterocycles. The maximum atomic E-state index is 11.9. The van der Waals surface area contributed by atoms with Gasteiger partial charge in [-0.25, -0.2) is 4.98 Å². The summed E-state index contributed by atoms with van der Waals surface area (Å²) in [5.41, 5.74) is 0.552. The Morgan fingerprint density at radius 1 is 1.37 bits per heavy atom. The Kier molecular flexibility index (Phi) is 3.99. The lowest BCUT2D eigenvalue weighted by Crippen LogP contribution is -2.36. The van der Waals surface area contributed by atoms with Gasteiger partial charge in [-0.05, 0) is 20.3 Å². The smallest absolute Gasteiger partial charge is 0.251 e. The Morgan fingerprint density at radius 3 is 2.79 bits per heavy atom. The first kappa shape index (κ1) is 13.7. The Bertz CT molecular complexity index is 526. The summed E-state index contributed by atoms with van der Waals surface area (Å²) in [6, 6.07) is 1.40. The monoisotopic (exact) mass is 264 g/mol. The largest absolute Gasteiger partial charge is 0.345 e. The van der Waals surface area contributed by atoms with E-state index >= 15 is 0 Å². The minimum Gasteiger partial charge on any atom is -0.345 e. The summed E-state index contributed by atoms with van der Waals surface area (Å²) in [5, 5.41) is 0. The quantitative estimate of drug-likeness (QED) is 0.834. The molecule has 19 heavy (non-hydrogen) atoms. The van der Waals surface area contributed by atoms with E-state index in [4.69, 9.17) is 0 Å². The second-order valence-corrected chi connectivity index (χ2v) is 5.09. The molecule has 0 aromatic carbocycles. The van der Waals surface area contributed by atoms with E-state index in [2.05, 4.69) is 14.9 Å². The van der Waals surface area contributed by atoms with Crippen molar-refractivity contribution in [2.24, 2.45) is 0 Å². The third-order valence-electron chi connectivity index (χ3n) is 3.53. The lowest BCUT2D eigenvalue weighted by Gasteiger charge is -2.26. The van der Waals surface area contributed by atoms with Crippen LogP contribution >= 0.6 is 0 Å². The molecule has 0 bridgehead atoms. The summed E-state index contributed by atoms with van der Waals surface area (Å²) in [6.45, 7) is 5.74. The molecule has 1 N–H and O–H groups in total. The predicted molar refractivity (Wildman–Crippen MR) is 71.8 cm³/mol. The molecular formula is C13H20N4O2. The number of nitrogens with zero attached hydrogens (tertiary/aromatic N) is 3. The van der Waals surface area contributed by atoms with Gasteiger partial charge in [0.05, 0.1) is 12.6 Å². The fraction of sp³-hybridized carbons (Fsp3) is 0.615. The van der Waals surface area contributed by atoms with Gasteiger partial charge >= 0.3 is 0 Å². The lowest BCUT2D eigenvalue weighted by molar-refractivity contribution is -0.130. The molecule has 0 spiro atoms. The van der Waals surface area contributed by atoms with Gasteiger partial charge in [0, 0.05) is 31.9 Å². The summed E-state index contributed by atoms with van der Waals surface area (Å²) < 4.78 is 0. The molecule has 1 aliphatic rings. The molecular weight excluding hydrogens is 244 g/mol. The van der Waals surface area contributed by atoms with E-state index in [1.54, 1.807) is 11.8 Å². The van der Waals surface area contributed by atoms with Crippen molar-refractivity contribution in [2.75, 3.05) is 26.7 Å². The van der Waals surface area contributed by atoms with Crippen LogP contribution in [0, 0.1) is 6.92 Å². The molecule has 1 amide bonds. The first-order chi connectivity index (χ1) is 8.97. The van der Waals surface area contributed by atoms with Gasteiger partial charge < -0.3 is 9.88 Å². The summed E-state index contributed by atoms with van der Waals surface area (Å²) in [4.78, 5) is 34.3. The van der Waals surface area contributed by atoms with E-state index in [9.17, 15) is 9.59 Å². The van der Waals surface area contributed by atoms with Crippen molar-refractivity contribution < 1.29 is 4.79 Å². The molecule has 1 aromatic heterocycles. The van der Waals surface area contributed by atoms with Crippen LogP contribution in [0.2, 0.25) is 0 Å². The van der Waals surface area contributed by atoms with Crippen LogP contribution in [0.4, 0.5) is 0 Å². The van der Waals surface area contributed by atoms with Crippen molar-refractivity contribution >= 4 is 5.91 Å². The number of likely N-dealkylation sites (N-methyl/N-ethyl adjacent to an activating group) is 1. The van der Waals surface area contributed by atoms with Crippen molar-refractivity contribution in [3.63, 3.8) is 0 Å². The highest BCUT2D eigenvalue weighted by Gasteiger charge is 2.24. The first-order valence-electron chi connectivity index (χ1n) is 6.53. The zero-order valence-electron chi connectivity index (χ0n) is 11.6. The fourth-order valence-electron chi connectivity index (χ4n) is 2.31. The molecule has 0 radical (unpaired) electrons. The number of nitrogens with one attached hydrogen (secondary N) is 1. The van der Waals surface area contributed by atoms with E-state index in [-0.39, 0.29) is 17.5 Å². The van der Waals surface area contributed by atoms with Gasteiger partial charge in [0.15, 0.2) is 0 Å². The number of aryl methyl sites for hydroxylation is 1. The molecule has 104 valence electrons. The fourth-order valence-corrected chi connectivity index (χ4v) is 2.31. The number of hydrogen-bond donors (Lipinski definition) is 1. The Morgan fingerprint density at radius 2 is 2.11 bits per heavy atom. The van der Waals surface area contributed by atoms with Crippen LogP contribution in [0.5, 0.6) is 0 Å². The van der Waals surface area contributed by atoms with E-state index in [0.717, 1.165) is 19.5 Å². The van der Waals surface area contributed by atoms with Gasteiger partial charge in [-0.1, -0.05) is 0 Å². The average molecular weight is 264 g/mol. The van der Waals surface area contributed by atoms with Gasteiger partial charge in [0.2, 0.25) is 5.91 Å². The molecule has 0 saturated carbocycles. The molecule has 2 rings (SSSR count). The van der Waals surface area contributed by atoms with Gasteiger partial charge in [0.25, 0.3) is 5.56 Å². The number of aromatic amines is 1. The van der Waals surface area contributed by atoms with Crippen molar-refractivity contribution in [3.05, 3.63) is 27.9 Å². The van der Waals surface area contributed by atoms with Gasteiger partial charge in [-0.15, -0.1) is 0 Å². The number of carbonyl (C=O) groups is 1. The van der Waals surface area contributed by atoms with Gasteiger partial charge in [-0.3, -0.25) is 14.5 Å². The number of carbonyl (C=O) groups excluding carboxylic acids is 1. The molecule has 6 heteroatoms. The summed E-state index contributed by atoms with van der Waals surface area (Å²) in [6.07, 6.45) is 0.933.